The first-order chi connectivity index (χ1) is 6.29. The number of halogens is 1. The van der Waals surface area contributed by atoms with Gasteiger partial charge < -0.3 is 10.5 Å². The second kappa shape index (κ2) is 5.10. The summed E-state index contributed by atoms with van der Waals surface area (Å²) >= 11 is 5.96. The maximum absolute atomic E-state index is 5.96. The number of hydrogen-bond donors (Lipinski definition) is 1. The monoisotopic (exact) mass is 199 g/mol. The molecule has 1 rings (SSSR count). The Morgan fingerprint density at radius 3 is 2.85 bits per heavy atom. The predicted octanol–water partition coefficient (Wildman–Crippen LogP) is 2.59. The van der Waals surface area contributed by atoms with E-state index in [1.54, 1.807) is 0 Å². The third-order valence-electron chi connectivity index (χ3n) is 1.72. The molecule has 2 nitrogen and oxygen atoms in total. The van der Waals surface area contributed by atoms with Gasteiger partial charge in [-0.25, -0.2) is 0 Å². The van der Waals surface area contributed by atoms with Crippen LogP contribution < -0.4 is 10.5 Å². The van der Waals surface area contributed by atoms with Crippen LogP contribution in [0.3, 0.4) is 0 Å². The van der Waals surface area contributed by atoms with Gasteiger partial charge in [0.1, 0.15) is 5.75 Å². The summed E-state index contributed by atoms with van der Waals surface area (Å²) in [6, 6.07) is 5.62. The third kappa shape index (κ3) is 2.61. The molecule has 0 amide bonds. The fourth-order valence-electron chi connectivity index (χ4n) is 1.08. The minimum Gasteiger partial charge on any atom is -0.492 e. The van der Waals surface area contributed by atoms with E-state index in [2.05, 4.69) is 6.92 Å². The molecule has 0 atom stereocenters. The van der Waals surface area contributed by atoms with Gasteiger partial charge in [-0.15, -0.1) is 0 Å². The molecular formula is C10H14ClNO. The standard InChI is InChI=1S/C10H14ClNO/c1-2-6-13-10-8(7-12)4-3-5-9(10)11/h3-5H,2,6-7,12H2,1H3. The Labute approximate surface area is 83.6 Å². The van der Waals surface area contributed by atoms with Crippen molar-refractivity contribution in [3.63, 3.8) is 0 Å². The first-order valence-electron chi connectivity index (χ1n) is 4.39. The van der Waals surface area contributed by atoms with Crippen molar-refractivity contribution in [3.05, 3.63) is 28.8 Å². The lowest BCUT2D eigenvalue weighted by atomic mass is 10.2. The molecule has 13 heavy (non-hydrogen) atoms. The van der Waals surface area contributed by atoms with Crippen molar-refractivity contribution in [3.8, 4) is 5.75 Å². The predicted molar refractivity (Wildman–Crippen MR) is 55.1 cm³/mol. The molecule has 3 heteroatoms. The quantitative estimate of drug-likeness (QED) is 0.809. The summed E-state index contributed by atoms with van der Waals surface area (Å²) in [7, 11) is 0. The van der Waals surface area contributed by atoms with E-state index in [1.807, 2.05) is 18.2 Å². The van der Waals surface area contributed by atoms with Crippen molar-refractivity contribution < 1.29 is 4.74 Å². The zero-order chi connectivity index (χ0) is 9.68. The number of nitrogens with two attached hydrogens (primary N) is 1. The van der Waals surface area contributed by atoms with E-state index in [9.17, 15) is 0 Å². The molecule has 0 saturated carbocycles. The van der Waals surface area contributed by atoms with Gasteiger partial charge in [0.15, 0.2) is 0 Å². The molecule has 0 unspecified atom stereocenters. The molecular weight excluding hydrogens is 186 g/mol. The van der Waals surface area contributed by atoms with Crippen LogP contribution in [0.5, 0.6) is 5.75 Å². The number of ether oxygens (including phenoxy) is 1. The average Bonchev–Trinajstić information content (AvgIpc) is 2.15. The molecule has 0 aliphatic carbocycles. The molecule has 1 aromatic carbocycles. The Hall–Kier alpha value is -0.730. The van der Waals surface area contributed by atoms with Gasteiger partial charge in [0.25, 0.3) is 0 Å². The summed E-state index contributed by atoms with van der Waals surface area (Å²) in [5.74, 6) is 0.730. The van der Waals surface area contributed by atoms with E-state index in [0.29, 0.717) is 18.2 Å². The Morgan fingerprint density at radius 2 is 2.23 bits per heavy atom. The highest BCUT2D eigenvalue weighted by molar-refractivity contribution is 6.32. The van der Waals surface area contributed by atoms with Crippen LogP contribution in [-0.2, 0) is 6.54 Å². The SMILES string of the molecule is CCCOc1c(Cl)cccc1CN. The highest BCUT2D eigenvalue weighted by Crippen LogP contribution is 2.28. The second-order valence-corrected chi connectivity index (χ2v) is 3.19. The van der Waals surface area contributed by atoms with Gasteiger partial charge in [-0.3, -0.25) is 0 Å². The van der Waals surface area contributed by atoms with Crippen LogP contribution in [0.1, 0.15) is 18.9 Å². The smallest absolute Gasteiger partial charge is 0.142 e. The minimum absolute atomic E-state index is 0.458. The van der Waals surface area contributed by atoms with Gasteiger partial charge in [-0.1, -0.05) is 30.7 Å². The van der Waals surface area contributed by atoms with E-state index < -0.39 is 0 Å². The molecule has 0 fully saturated rings. The lowest BCUT2D eigenvalue weighted by molar-refractivity contribution is 0.314. The maximum Gasteiger partial charge on any atom is 0.142 e. The van der Waals surface area contributed by atoms with Crippen molar-refractivity contribution in [2.24, 2.45) is 5.73 Å². The molecule has 0 spiro atoms. The molecule has 2 N–H and O–H groups in total. The number of hydrogen-bond acceptors (Lipinski definition) is 2. The van der Waals surface area contributed by atoms with Crippen LogP contribution in [0.4, 0.5) is 0 Å². The topological polar surface area (TPSA) is 35.2 Å². The van der Waals surface area contributed by atoms with Gasteiger partial charge in [0.2, 0.25) is 0 Å². The number of rotatable bonds is 4. The zero-order valence-electron chi connectivity index (χ0n) is 7.72. The van der Waals surface area contributed by atoms with Crippen molar-refractivity contribution in [1.82, 2.24) is 0 Å². The first-order valence-corrected chi connectivity index (χ1v) is 4.77. The van der Waals surface area contributed by atoms with Crippen LogP contribution in [0.15, 0.2) is 18.2 Å². The van der Waals surface area contributed by atoms with Gasteiger partial charge in [-0.2, -0.15) is 0 Å². The van der Waals surface area contributed by atoms with E-state index in [1.165, 1.54) is 0 Å². The van der Waals surface area contributed by atoms with Gasteiger partial charge in [-0.05, 0) is 12.5 Å². The van der Waals surface area contributed by atoms with E-state index in [4.69, 9.17) is 22.1 Å². The summed E-state index contributed by atoms with van der Waals surface area (Å²) in [5.41, 5.74) is 6.51. The second-order valence-electron chi connectivity index (χ2n) is 2.78. The fourth-order valence-corrected chi connectivity index (χ4v) is 1.33. The zero-order valence-corrected chi connectivity index (χ0v) is 8.47. The van der Waals surface area contributed by atoms with Crippen LogP contribution >= 0.6 is 11.6 Å². The summed E-state index contributed by atoms with van der Waals surface area (Å²) in [6.45, 7) is 3.19. The van der Waals surface area contributed by atoms with Crippen LogP contribution in [-0.4, -0.2) is 6.61 Å². The summed E-state index contributed by atoms with van der Waals surface area (Å²) in [4.78, 5) is 0. The fraction of sp³-hybridized carbons (Fsp3) is 0.400. The Morgan fingerprint density at radius 1 is 1.46 bits per heavy atom. The van der Waals surface area contributed by atoms with Crippen molar-refractivity contribution >= 4 is 11.6 Å². The Bertz CT molecular complexity index is 276. The van der Waals surface area contributed by atoms with Crippen LogP contribution in [0.2, 0.25) is 5.02 Å². The molecule has 0 saturated heterocycles. The number of para-hydroxylation sites is 1. The highest BCUT2D eigenvalue weighted by atomic mass is 35.5. The molecule has 0 heterocycles. The van der Waals surface area contributed by atoms with Gasteiger partial charge in [0, 0.05) is 12.1 Å². The van der Waals surface area contributed by atoms with E-state index in [-0.39, 0.29) is 0 Å². The third-order valence-corrected chi connectivity index (χ3v) is 2.02. The Balaban J connectivity index is 2.87. The van der Waals surface area contributed by atoms with Gasteiger partial charge in [0.05, 0.1) is 11.6 Å². The van der Waals surface area contributed by atoms with Crippen molar-refractivity contribution in [2.75, 3.05) is 6.61 Å². The van der Waals surface area contributed by atoms with Crippen LogP contribution in [0, 0.1) is 0 Å². The van der Waals surface area contributed by atoms with Crippen molar-refractivity contribution in [2.45, 2.75) is 19.9 Å². The van der Waals surface area contributed by atoms with Crippen molar-refractivity contribution in [1.29, 1.82) is 0 Å². The first kappa shape index (κ1) is 10.4. The summed E-state index contributed by atoms with van der Waals surface area (Å²) < 4.78 is 5.50. The summed E-state index contributed by atoms with van der Waals surface area (Å²) in [5, 5.41) is 0.636. The molecule has 0 aliphatic rings. The molecule has 0 aliphatic heterocycles. The molecule has 1 aromatic rings. The molecule has 0 radical (unpaired) electrons. The molecule has 72 valence electrons. The minimum atomic E-state index is 0.458. The van der Waals surface area contributed by atoms with E-state index in [0.717, 1.165) is 17.7 Å². The molecule has 0 bridgehead atoms. The largest absolute Gasteiger partial charge is 0.492 e. The van der Waals surface area contributed by atoms with Gasteiger partial charge >= 0.3 is 0 Å². The lowest BCUT2D eigenvalue weighted by Crippen LogP contribution is -2.03. The Kier molecular flexibility index (Phi) is 4.06. The lowest BCUT2D eigenvalue weighted by Gasteiger charge is -2.10. The highest BCUT2D eigenvalue weighted by Gasteiger charge is 2.05. The van der Waals surface area contributed by atoms with Crippen LogP contribution in [0.25, 0.3) is 0 Å². The molecule has 0 aromatic heterocycles. The number of benzene rings is 1. The average molecular weight is 200 g/mol. The van der Waals surface area contributed by atoms with E-state index >= 15 is 0 Å². The summed E-state index contributed by atoms with van der Waals surface area (Å²) in [6.07, 6.45) is 0.967. The normalized spacial score (nSPS) is 10.1. The maximum atomic E-state index is 5.96.